The Balaban J connectivity index is 2.05. The highest BCUT2D eigenvalue weighted by atomic mass is 16.5. The number of aromatic nitrogens is 1. The number of ether oxygens (including phenoxy) is 1. The Kier molecular flexibility index (Phi) is 4.52. The van der Waals surface area contributed by atoms with Crippen LogP contribution in [0.1, 0.15) is 34.1 Å². The Hall–Kier alpha value is -2.81. The van der Waals surface area contributed by atoms with Crippen LogP contribution in [-0.4, -0.2) is 17.1 Å². The maximum Gasteiger partial charge on any atom is 0.338 e. The number of hydrogen-bond donors (Lipinski definition) is 0. The van der Waals surface area contributed by atoms with E-state index in [1.54, 1.807) is 0 Å². The number of aryl methyl sites for hydroxylation is 1. The first-order valence-electron chi connectivity index (χ1n) is 8.13. The normalized spacial score (nSPS) is 11.3. The molecular formula is C21H21NO2. The highest BCUT2D eigenvalue weighted by Gasteiger charge is 2.13. The number of rotatable bonds is 4. The fourth-order valence-corrected chi connectivity index (χ4v) is 2.86. The summed E-state index contributed by atoms with van der Waals surface area (Å²) in [6.07, 6.45) is 4.16. The van der Waals surface area contributed by atoms with Crippen LogP contribution in [0.25, 0.3) is 23.2 Å². The molecule has 122 valence electrons. The molecule has 1 heterocycles. The topological polar surface area (TPSA) is 31.2 Å². The van der Waals surface area contributed by atoms with Crippen LogP contribution in [0, 0.1) is 13.8 Å². The SMILES string of the molecule is CCOC(=O)c1ccc2c(c1)c(C)c(C)n2C=Cc1ccccc1. The van der Waals surface area contributed by atoms with Gasteiger partial charge in [0.05, 0.1) is 17.7 Å². The molecule has 0 bridgehead atoms. The van der Waals surface area contributed by atoms with Gasteiger partial charge in [-0.2, -0.15) is 0 Å². The van der Waals surface area contributed by atoms with E-state index in [4.69, 9.17) is 4.74 Å². The van der Waals surface area contributed by atoms with Gasteiger partial charge in [-0.3, -0.25) is 0 Å². The molecule has 0 aliphatic carbocycles. The summed E-state index contributed by atoms with van der Waals surface area (Å²) in [4.78, 5) is 12.0. The first-order chi connectivity index (χ1) is 11.6. The van der Waals surface area contributed by atoms with Gasteiger partial charge in [-0.15, -0.1) is 0 Å². The minimum Gasteiger partial charge on any atom is -0.462 e. The van der Waals surface area contributed by atoms with E-state index in [0.29, 0.717) is 12.2 Å². The molecule has 0 amide bonds. The number of nitrogens with zero attached hydrogens (tertiary/aromatic N) is 1. The van der Waals surface area contributed by atoms with Gasteiger partial charge in [-0.25, -0.2) is 4.79 Å². The molecule has 3 nitrogen and oxygen atoms in total. The van der Waals surface area contributed by atoms with E-state index in [2.05, 4.69) is 42.8 Å². The van der Waals surface area contributed by atoms with Crippen LogP contribution in [0.2, 0.25) is 0 Å². The third-order valence-electron chi connectivity index (χ3n) is 4.29. The van der Waals surface area contributed by atoms with Crippen molar-refractivity contribution in [2.24, 2.45) is 0 Å². The second kappa shape index (κ2) is 6.75. The van der Waals surface area contributed by atoms with Gasteiger partial charge in [0, 0.05) is 17.3 Å². The minimum absolute atomic E-state index is 0.274. The molecule has 0 N–H and O–H groups in total. The van der Waals surface area contributed by atoms with Crippen molar-refractivity contribution >= 4 is 29.1 Å². The molecule has 3 rings (SSSR count). The number of benzene rings is 2. The first-order valence-corrected chi connectivity index (χ1v) is 8.13. The van der Waals surface area contributed by atoms with E-state index in [-0.39, 0.29) is 5.97 Å². The summed E-state index contributed by atoms with van der Waals surface area (Å²) in [5.74, 6) is -0.274. The highest BCUT2D eigenvalue weighted by molar-refractivity contribution is 5.97. The van der Waals surface area contributed by atoms with E-state index >= 15 is 0 Å². The second-order valence-corrected chi connectivity index (χ2v) is 5.76. The maximum absolute atomic E-state index is 12.0. The highest BCUT2D eigenvalue weighted by Crippen LogP contribution is 2.27. The number of esters is 1. The van der Waals surface area contributed by atoms with Crippen LogP contribution in [0.3, 0.4) is 0 Å². The number of carbonyl (C=O) groups is 1. The second-order valence-electron chi connectivity index (χ2n) is 5.76. The zero-order chi connectivity index (χ0) is 17.1. The summed E-state index contributed by atoms with van der Waals surface area (Å²) in [5.41, 5.74) is 5.17. The number of carbonyl (C=O) groups excluding carboxylic acids is 1. The third kappa shape index (κ3) is 2.98. The zero-order valence-corrected chi connectivity index (χ0v) is 14.2. The Labute approximate surface area is 142 Å². The van der Waals surface area contributed by atoms with Gasteiger partial charge in [0.25, 0.3) is 0 Å². The predicted molar refractivity (Wildman–Crippen MR) is 99.0 cm³/mol. The lowest BCUT2D eigenvalue weighted by Gasteiger charge is -2.04. The van der Waals surface area contributed by atoms with Crippen LogP contribution in [0.4, 0.5) is 0 Å². The fourth-order valence-electron chi connectivity index (χ4n) is 2.86. The molecule has 0 saturated carbocycles. The van der Waals surface area contributed by atoms with Gasteiger partial charge < -0.3 is 9.30 Å². The van der Waals surface area contributed by atoms with E-state index in [1.165, 1.54) is 5.56 Å². The van der Waals surface area contributed by atoms with Gasteiger partial charge in [0.2, 0.25) is 0 Å². The van der Waals surface area contributed by atoms with Crippen molar-refractivity contribution in [1.82, 2.24) is 4.57 Å². The summed E-state index contributed by atoms with van der Waals surface area (Å²) in [7, 11) is 0. The van der Waals surface area contributed by atoms with Crippen molar-refractivity contribution in [3.63, 3.8) is 0 Å². The molecule has 0 spiro atoms. The van der Waals surface area contributed by atoms with Crippen molar-refractivity contribution < 1.29 is 9.53 Å². The minimum atomic E-state index is -0.274. The van der Waals surface area contributed by atoms with Crippen LogP contribution < -0.4 is 0 Å². The van der Waals surface area contributed by atoms with Crippen LogP contribution in [0.15, 0.2) is 48.5 Å². The smallest absolute Gasteiger partial charge is 0.338 e. The van der Waals surface area contributed by atoms with E-state index in [1.807, 2.05) is 43.3 Å². The molecule has 0 aliphatic heterocycles. The van der Waals surface area contributed by atoms with Gasteiger partial charge in [0.15, 0.2) is 0 Å². The lowest BCUT2D eigenvalue weighted by molar-refractivity contribution is 0.0526. The lowest BCUT2D eigenvalue weighted by Crippen LogP contribution is -2.04. The van der Waals surface area contributed by atoms with Crippen LogP contribution >= 0.6 is 0 Å². The Morgan fingerprint density at radius 3 is 2.58 bits per heavy atom. The Morgan fingerprint density at radius 2 is 1.88 bits per heavy atom. The first kappa shape index (κ1) is 16.1. The van der Waals surface area contributed by atoms with Crippen molar-refractivity contribution in [3.8, 4) is 0 Å². The Bertz CT molecular complexity index is 904. The van der Waals surface area contributed by atoms with Crippen molar-refractivity contribution in [1.29, 1.82) is 0 Å². The van der Waals surface area contributed by atoms with E-state index < -0.39 is 0 Å². The standard InChI is InChI=1S/C21H21NO2/c1-4-24-21(23)18-10-11-20-19(14-18)15(2)16(3)22(20)13-12-17-8-6-5-7-9-17/h5-14H,4H2,1-3H3. The largest absolute Gasteiger partial charge is 0.462 e. The average Bonchev–Trinajstić information content (AvgIpc) is 2.85. The van der Waals surface area contributed by atoms with Crippen molar-refractivity contribution in [3.05, 3.63) is 70.9 Å². The molecule has 0 radical (unpaired) electrons. The summed E-state index contributed by atoms with van der Waals surface area (Å²) in [6.45, 7) is 6.38. The van der Waals surface area contributed by atoms with Gasteiger partial charge in [0.1, 0.15) is 0 Å². The molecule has 0 aliphatic rings. The van der Waals surface area contributed by atoms with Crippen LogP contribution in [0.5, 0.6) is 0 Å². The van der Waals surface area contributed by atoms with Gasteiger partial charge in [-0.1, -0.05) is 30.3 Å². The van der Waals surface area contributed by atoms with Crippen LogP contribution in [-0.2, 0) is 4.74 Å². The van der Waals surface area contributed by atoms with E-state index in [0.717, 1.165) is 22.2 Å². The third-order valence-corrected chi connectivity index (χ3v) is 4.29. The molecule has 2 aromatic carbocycles. The molecule has 3 heteroatoms. The molecular weight excluding hydrogens is 298 g/mol. The van der Waals surface area contributed by atoms with E-state index in [9.17, 15) is 4.79 Å². The predicted octanol–water partition coefficient (Wildman–Crippen LogP) is 5.06. The maximum atomic E-state index is 12.0. The summed E-state index contributed by atoms with van der Waals surface area (Å²) in [5, 5.41) is 1.08. The van der Waals surface area contributed by atoms with Crippen molar-refractivity contribution in [2.45, 2.75) is 20.8 Å². The molecule has 0 unspecified atom stereocenters. The summed E-state index contributed by atoms with van der Waals surface area (Å²) >= 11 is 0. The molecule has 0 fully saturated rings. The number of hydrogen-bond acceptors (Lipinski definition) is 2. The quantitative estimate of drug-likeness (QED) is 0.629. The summed E-state index contributed by atoms with van der Waals surface area (Å²) in [6, 6.07) is 15.9. The fraction of sp³-hybridized carbons (Fsp3) is 0.190. The lowest BCUT2D eigenvalue weighted by atomic mass is 10.1. The zero-order valence-electron chi connectivity index (χ0n) is 14.2. The molecule has 3 aromatic rings. The molecule has 1 aromatic heterocycles. The monoisotopic (exact) mass is 319 g/mol. The van der Waals surface area contributed by atoms with Gasteiger partial charge >= 0.3 is 5.97 Å². The number of fused-ring (bicyclic) bond motifs is 1. The Morgan fingerprint density at radius 1 is 1.12 bits per heavy atom. The van der Waals surface area contributed by atoms with Gasteiger partial charge in [-0.05, 0) is 56.2 Å². The average molecular weight is 319 g/mol. The van der Waals surface area contributed by atoms with Crippen molar-refractivity contribution in [2.75, 3.05) is 6.61 Å². The molecule has 24 heavy (non-hydrogen) atoms. The molecule has 0 atom stereocenters. The summed E-state index contributed by atoms with van der Waals surface area (Å²) < 4.78 is 7.26. The molecule has 0 saturated heterocycles.